The minimum Gasteiger partial charge on any atom is -0.393 e. The van der Waals surface area contributed by atoms with Crippen molar-refractivity contribution in [3.05, 3.63) is 0 Å². The zero-order valence-corrected chi connectivity index (χ0v) is 9.83. The lowest BCUT2D eigenvalue weighted by Crippen LogP contribution is -2.34. The Morgan fingerprint density at radius 2 is 2.20 bits per heavy atom. The van der Waals surface area contributed by atoms with Crippen LogP contribution in [0.2, 0.25) is 0 Å². The molecule has 15 heavy (non-hydrogen) atoms. The van der Waals surface area contributed by atoms with Gasteiger partial charge in [-0.25, -0.2) is 0 Å². The van der Waals surface area contributed by atoms with Crippen molar-refractivity contribution >= 4 is 5.91 Å². The van der Waals surface area contributed by atoms with Gasteiger partial charge in [0.25, 0.3) is 0 Å². The number of carbonyl (C=O) groups is 1. The predicted molar refractivity (Wildman–Crippen MR) is 60.5 cm³/mol. The van der Waals surface area contributed by atoms with Crippen LogP contribution in [0, 0.1) is 5.92 Å². The minimum atomic E-state index is -0.376. The van der Waals surface area contributed by atoms with E-state index < -0.39 is 0 Å². The van der Waals surface area contributed by atoms with Gasteiger partial charge in [0.05, 0.1) is 6.10 Å². The smallest absolute Gasteiger partial charge is 0.220 e. The lowest BCUT2D eigenvalue weighted by Gasteiger charge is -2.16. The first-order chi connectivity index (χ1) is 7.11. The second-order valence-corrected chi connectivity index (χ2v) is 4.74. The third kappa shape index (κ3) is 5.78. The first-order valence-corrected chi connectivity index (χ1v) is 6.09. The standard InChI is InChI=1S/C12H23NO2/c1-3-11(8-10-5-6-10)13-12(15)7-4-9(2)14/h9-11,14H,3-8H2,1-2H3,(H,13,15). The lowest BCUT2D eigenvalue weighted by molar-refractivity contribution is -0.122. The summed E-state index contributed by atoms with van der Waals surface area (Å²) in [7, 11) is 0. The molecule has 1 rings (SSSR count). The largest absolute Gasteiger partial charge is 0.393 e. The summed E-state index contributed by atoms with van der Waals surface area (Å²) in [6.45, 7) is 3.83. The average Bonchev–Trinajstić information content (AvgIpc) is 2.97. The molecule has 3 nitrogen and oxygen atoms in total. The van der Waals surface area contributed by atoms with Crippen LogP contribution in [-0.4, -0.2) is 23.2 Å². The molecule has 0 aromatic heterocycles. The van der Waals surface area contributed by atoms with E-state index in [0.29, 0.717) is 18.9 Å². The van der Waals surface area contributed by atoms with E-state index >= 15 is 0 Å². The van der Waals surface area contributed by atoms with Gasteiger partial charge < -0.3 is 10.4 Å². The Kier molecular flexibility index (Phi) is 5.09. The van der Waals surface area contributed by atoms with Gasteiger partial charge in [-0.2, -0.15) is 0 Å². The van der Waals surface area contributed by atoms with Crippen molar-refractivity contribution < 1.29 is 9.90 Å². The molecule has 0 spiro atoms. The molecule has 0 radical (unpaired) electrons. The van der Waals surface area contributed by atoms with E-state index in [0.717, 1.165) is 18.8 Å². The van der Waals surface area contributed by atoms with Crippen molar-refractivity contribution in [2.45, 2.75) is 64.5 Å². The second kappa shape index (κ2) is 6.11. The molecule has 0 heterocycles. The number of amides is 1. The Morgan fingerprint density at radius 1 is 1.53 bits per heavy atom. The fourth-order valence-corrected chi connectivity index (χ4v) is 1.72. The van der Waals surface area contributed by atoms with Gasteiger partial charge in [-0.1, -0.05) is 19.8 Å². The third-order valence-corrected chi connectivity index (χ3v) is 2.96. The number of carbonyl (C=O) groups excluding carboxylic acids is 1. The Morgan fingerprint density at radius 3 is 2.67 bits per heavy atom. The van der Waals surface area contributed by atoms with Crippen LogP contribution >= 0.6 is 0 Å². The molecular formula is C12H23NO2. The monoisotopic (exact) mass is 213 g/mol. The average molecular weight is 213 g/mol. The quantitative estimate of drug-likeness (QED) is 0.678. The molecule has 2 N–H and O–H groups in total. The van der Waals surface area contributed by atoms with Crippen LogP contribution in [0.25, 0.3) is 0 Å². The van der Waals surface area contributed by atoms with E-state index in [1.54, 1.807) is 6.92 Å². The Balaban J connectivity index is 2.15. The molecule has 0 aromatic carbocycles. The normalized spacial score (nSPS) is 19.7. The molecule has 1 amide bonds. The topological polar surface area (TPSA) is 49.3 Å². The summed E-state index contributed by atoms with van der Waals surface area (Å²) in [5, 5.41) is 12.1. The van der Waals surface area contributed by atoms with E-state index in [4.69, 9.17) is 5.11 Å². The van der Waals surface area contributed by atoms with Crippen LogP contribution in [-0.2, 0) is 4.79 Å². The highest BCUT2D eigenvalue weighted by Gasteiger charge is 2.25. The molecular weight excluding hydrogens is 190 g/mol. The lowest BCUT2D eigenvalue weighted by atomic mass is 10.1. The number of rotatable bonds is 7. The first-order valence-electron chi connectivity index (χ1n) is 6.09. The molecule has 2 atom stereocenters. The van der Waals surface area contributed by atoms with E-state index in [1.807, 2.05) is 0 Å². The SMILES string of the molecule is CCC(CC1CC1)NC(=O)CCC(C)O. The van der Waals surface area contributed by atoms with Crippen molar-refractivity contribution in [3.63, 3.8) is 0 Å². The molecule has 0 saturated heterocycles. The van der Waals surface area contributed by atoms with E-state index in [2.05, 4.69) is 12.2 Å². The van der Waals surface area contributed by atoms with Gasteiger partial charge in [0.15, 0.2) is 0 Å². The fourth-order valence-electron chi connectivity index (χ4n) is 1.72. The zero-order valence-electron chi connectivity index (χ0n) is 9.83. The van der Waals surface area contributed by atoms with Crippen molar-refractivity contribution in [1.29, 1.82) is 0 Å². The molecule has 1 fully saturated rings. The van der Waals surface area contributed by atoms with E-state index in [-0.39, 0.29) is 12.0 Å². The number of hydrogen-bond acceptors (Lipinski definition) is 2. The molecule has 0 aromatic rings. The number of hydrogen-bond donors (Lipinski definition) is 2. The van der Waals surface area contributed by atoms with Crippen molar-refractivity contribution in [2.75, 3.05) is 0 Å². The van der Waals surface area contributed by atoms with Crippen molar-refractivity contribution in [2.24, 2.45) is 5.92 Å². The maximum Gasteiger partial charge on any atom is 0.220 e. The van der Waals surface area contributed by atoms with E-state index in [9.17, 15) is 4.79 Å². The predicted octanol–water partition coefficient (Wildman–Crippen LogP) is 1.84. The van der Waals surface area contributed by atoms with E-state index in [1.165, 1.54) is 12.8 Å². The van der Waals surface area contributed by atoms with Crippen LogP contribution in [0.5, 0.6) is 0 Å². The number of nitrogens with one attached hydrogen (secondary N) is 1. The highest BCUT2D eigenvalue weighted by molar-refractivity contribution is 5.76. The molecule has 1 aliphatic carbocycles. The summed E-state index contributed by atoms with van der Waals surface area (Å²) < 4.78 is 0. The maximum atomic E-state index is 11.5. The fraction of sp³-hybridized carbons (Fsp3) is 0.917. The maximum absolute atomic E-state index is 11.5. The third-order valence-electron chi connectivity index (χ3n) is 2.96. The molecule has 1 aliphatic rings. The van der Waals surface area contributed by atoms with Gasteiger partial charge in [-0.15, -0.1) is 0 Å². The van der Waals surface area contributed by atoms with Crippen LogP contribution < -0.4 is 5.32 Å². The summed E-state index contributed by atoms with van der Waals surface area (Å²) in [6.07, 6.45) is 5.44. The molecule has 88 valence electrons. The van der Waals surface area contributed by atoms with Gasteiger partial charge in [0.2, 0.25) is 5.91 Å². The van der Waals surface area contributed by atoms with Crippen molar-refractivity contribution in [3.8, 4) is 0 Å². The molecule has 0 aliphatic heterocycles. The summed E-state index contributed by atoms with van der Waals surface area (Å²) in [5.41, 5.74) is 0. The van der Waals surface area contributed by atoms with Gasteiger partial charge in [-0.05, 0) is 32.1 Å². The van der Waals surface area contributed by atoms with Crippen LogP contribution in [0.4, 0.5) is 0 Å². The Labute approximate surface area is 92.3 Å². The van der Waals surface area contributed by atoms with Gasteiger partial charge >= 0.3 is 0 Å². The summed E-state index contributed by atoms with van der Waals surface area (Å²) in [4.78, 5) is 11.5. The first kappa shape index (κ1) is 12.5. The Hall–Kier alpha value is -0.570. The molecule has 2 unspecified atom stereocenters. The highest BCUT2D eigenvalue weighted by atomic mass is 16.3. The van der Waals surface area contributed by atoms with Gasteiger partial charge in [0, 0.05) is 12.5 Å². The van der Waals surface area contributed by atoms with Crippen molar-refractivity contribution in [1.82, 2.24) is 5.32 Å². The summed E-state index contributed by atoms with van der Waals surface area (Å²) in [5.74, 6) is 0.940. The Bertz CT molecular complexity index is 200. The number of aliphatic hydroxyl groups excluding tert-OH is 1. The van der Waals surface area contributed by atoms with Gasteiger partial charge in [-0.3, -0.25) is 4.79 Å². The second-order valence-electron chi connectivity index (χ2n) is 4.74. The zero-order chi connectivity index (χ0) is 11.3. The summed E-state index contributed by atoms with van der Waals surface area (Å²) >= 11 is 0. The van der Waals surface area contributed by atoms with Crippen LogP contribution in [0.3, 0.4) is 0 Å². The molecule has 3 heteroatoms. The summed E-state index contributed by atoms with van der Waals surface area (Å²) in [6, 6.07) is 0.346. The van der Waals surface area contributed by atoms with Crippen LogP contribution in [0.1, 0.15) is 52.4 Å². The number of aliphatic hydroxyl groups is 1. The van der Waals surface area contributed by atoms with Crippen LogP contribution in [0.15, 0.2) is 0 Å². The minimum absolute atomic E-state index is 0.0865. The van der Waals surface area contributed by atoms with Gasteiger partial charge in [0.1, 0.15) is 0 Å². The highest BCUT2D eigenvalue weighted by Crippen LogP contribution is 2.34. The molecule has 1 saturated carbocycles. The molecule has 0 bridgehead atoms.